The van der Waals surface area contributed by atoms with Crippen LogP contribution in [0.25, 0.3) is 0 Å². The Morgan fingerprint density at radius 3 is 2.83 bits per heavy atom. The molecule has 2 aromatic rings. The number of carbonyl (C=O) groups is 1. The molecule has 0 unspecified atom stereocenters. The summed E-state index contributed by atoms with van der Waals surface area (Å²) in [5.41, 5.74) is 7.24. The molecule has 4 nitrogen and oxygen atoms in total. The first-order chi connectivity index (χ1) is 8.58. The summed E-state index contributed by atoms with van der Waals surface area (Å²) in [6.07, 6.45) is 1.54. The van der Waals surface area contributed by atoms with Crippen molar-refractivity contribution in [2.24, 2.45) is 0 Å². The van der Waals surface area contributed by atoms with Crippen LogP contribution < -0.4 is 11.1 Å². The van der Waals surface area contributed by atoms with Crippen molar-refractivity contribution >= 4 is 17.3 Å². The number of nitrogens with zero attached hydrogens (tertiary/aromatic N) is 1. The summed E-state index contributed by atoms with van der Waals surface area (Å²) in [4.78, 5) is 15.9. The maximum Gasteiger partial charge on any atom is 0.274 e. The van der Waals surface area contributed by atoms with Crippen molar-refractivity contribution in [3.63, 3.8) is 0 Å². The highest BCUT2D eigenvalue weighted by molar-refractivity contribution is 6.05. The fourth-order valence-corrected chi connectivity index (χ4v) is 1.55. The zero-order valence-corrected chi connectivity index (χ0v) is 9.77. The Balaban J connectivity index is 2.24. The average Bonchev–Trinajstić information content (AvgIpc) is 2.33. The molecule has 0 atom stereocenters. The van der Waals surface area contributed by atoms with Crippen LogP contribution in [0.2, 0.25) is 0 Å². The van der Waals surface area contributed by atoms with Crippen molar-refractivity contribution < 1.29 is 9.18 Å². The summed E-state index contributed by atoms with van der Waals surface area (Å²) < 4.78 is 12.9. The fraction of sp³-hybridized carbons (Fsp3) is 0.0769. The molecule has 0 fully saturated rings. The Hall–Kier alpha value is -2.43. The normalized spacial score (nSPS) is 10.1. The zero-order valence-electron chi connectivity index (χ0n) is 9.77. The van der Waals surface area contributed by atoms with Crippen molar-refractivity contribution in [2.75, 3.05) is 11.1 Å². The molecule has 0 aliphatic rings. The summed E-state index contributed by atoms with van der Waals surface area (Å²) in [5, 5.41) is 2.60. The van der Waals surface area contributed by atoms with E-state index in [0.717, 1.165) is 11.6 Å². The van der Waals surface area contributed by atoms with Gasteiger partial charge < -0.3 is 11.1 Å². The lowest BCUT2D eigenvalue weighted by Gasteiger charge is -2.08. The number of aryl methyl sites for hydroxylation is 1. The van der Waals surface area contributed by atoms with Gasteiger partial charge in [0.15, 0.2) is 0 Å². The van der Waals surface area contributed by atoms with Crippen molar-refractivity contribution in [3.8, 4) is 0 Å². The number of halogens is 1. The Morgan fingerprint density at radius 1 is 1.39 bits per heavy atom. The molecule has 0 saturated carbocycles. The minimum Gasteiger partial charge on any atom is -0.397 e. The number of nitrogens with one attached hydrogen (secondary N) is 1. The molecule has 0 radical (unpaired) electrons. The molecule has 1 heterocycles. The average molecular weight is 245 g/mol. The number of hydrogen-bond donors (Lipinski definition) is 2. The fourth-order valence-electron chi connectivity index (χ4n) is 1.55. The van der Waals surface area contributed by atoms with E-state index in [1.54, 1.807) is 19.1 Å². The van der Waals surface area contributed by atoms with Gasteiger partial charge in [0.25, 0.3) is 5.91 Å². The van der Waals surface area contributed by atoms with Crippen LogP contribution in [0.5, 0.6) is 0 Å². The van der Waals surface area contributed by atoms with Gasteiger partial charge in [-0.05, 0) is 36.8 Å². The summed E-state index contributed by atoms with van der Waals surface area (Å²) >= 11 is 0. The summed E-state index contributed by atoms with van der Waals surface area (Å²) in [6, 6.07) is 7.34. The van der Waals surface area contributed by atoms with Crippen LogP contribution in [0.4, 0.5) is 15.8 Å². The van der Waals surface area contributed by atoms with Crippen LogP contribution in [0.15, 0.2) is 36.5 Å². The number of nitrogen functional groups attached to an aromatic ring is 1. The molecule has 5 heteroatoms. The monoisotopic (exact) mass is 245 g/mol. The highest BCUT2D eigenvalue weighted by Crippen LogP contribution is 2.20. The standard InChI is InChI=1S/C13H12FN3O/c1-8-3-2-6-16-12(8)13(18)17-11-5-4-9(14)7-10(11)15/h2-7H,15H2,1H3,(H,17,18). The summed E-state index contributed by atoms with van der Waals surface area (Å²) in [7, 11) is 0. The molecule has 2 rings (SSSR count). The van der Waals surface area contributed by atoms with Gasteiger partial charge in [-0.15, -0.1) is 0 Å². The van der Waals surface area contributed by atoms with E-state index in [-0.39, 0.29) is 11.6 Å². The van der Waals surface area contributed by atoms with E-state index < -0.39 is 5.82 Å². The van der Waals surface area contributed by atoms with Crippen LogP contribution in [0.1, 0.15) is 16.1 Å². The molecule has 0 bridgehead atoms. The molecule has 1 aromatic carbocycles. The molecule has 92 valence electrons. The summed E-state index contributed by atoms with van der Waals surface area (Å²) in [5.74, 6) is -0.814. The molecule has 1 aromatic heterocycles. The first-order valence-electron chi connectivity index (χ1n) is 5.36. The predicted molar refractivity (Wildman–Crippen MR) is 67.7 cm³/mol. The SMILES string of the molecule is Cc1cccnc1C(=O)Nc1ccc(F)cc1N. The third-order valence-corrected chi connectivity index (χ3v) is 2.49. The molecular formula is C13H12FN3O. The van der Waals surface area contributed by atoms with Gasteiger partial charge in [-0.25, -0.2) is 4.39 Å². The van der Waals surface area contributed by atoms with E-state index >= 15 is 0 Å². The third kappa shape index (κ3) is 2.45. The van der Waals surface area contributed by atoms with Gasteiger partial charge in [0.05, 0.1) is 11.4 Å². The zero-order chi connectivity index (χ0) is 13.1. The lowest BCUT2D eigenvalue weighted by molar-refractivity contribution is 0.102. The van der Waals surface area contributed by atoms with E-state index in [0.29, 0.717) is 11.4 Å². The molecular weight excluding hydrogens is 233 g/mol. The molecule has 3 N–H and O–H groups in total. The van der Waals surface area contributed by atoms with Crippen LogP contribution in [-0.4, -0.2) is 10.9 Å². The Morgan fingerprint density at radius 2 is 2.17 bits per heavy atom. The first kappa shape index (κ1) is 12.0. The van der Waals surface area contributed by atoms with Crippen LogP contribution in [-0.2, 0) is 0 Å². The largest absolute Gasteiger partial charge is 0.397 e. The van der Waals surface area contributed by atoms with Gasteiger partial charge in [-0.1, -0.05) is 6.07 Å². The lowest BCUT2D eigenvalue weighted by Crippen LogP contribution is -2.16. The number of rotatable bonds is 2. The van der Waals surface area contributed by atoms with Crippen molar-refractivity contribution in [1.29, 1.82) is 0 Å². The number of carbonyl (C=O) groups excluding carboxylic acids is 1. The first-order valence-corrected chi connectivity index (χ1v) is 5.36. The second kappa shape index (κ2) is 4.83. The van der Waals surface area contributed by atoms with Crippen LogP contribution in [0.3, 0.4) is 0 Å². The third-order valence-electron chi connectivity index (χ3n) is 2.49. The second-order valence-electron chi connectivity index (χ2n) is 3.85. The number of anilines is 2. The van der Waals surface area contributed by atoms with Gasteiger partial charge in [-0.3, -0.25) is 9.78 Å². The number of benzene rings is 1. The Labute approximate surface area is 104 Å². The van der Waals surface area contributed by atoms with Gasteiger partial charge >= 0.3 is 0 Å². The number of aromatic nitrogens is 1. The smallest absolute Gasteiger partial charge is 0.274 e. The Kier molecular flexibility index (Phi) is 3.23. The lowest BCUT2D eigenvalue weighted by atomic mass is 10.2. The maximum atomic E-state index is 12.9. The van der Waals surface area contributed by atoms with E-state index in [2.05, 4.69) is 10.3 Å². The highest BCUT2D eigenvalue weighted by atomic mass is 19.1. The number of nitrogens with two attached hydrogens (primary N) is 1. The van der Waals surface area contributed by atoms with Gasteiger partial charge in [-0.2, -0.15) is 0 Å². The maximum absolute atomic E-state index is 12.9. The number of pyridine rings is 1. The van der Waals surface area contributed by atoms with E-state index in [9.17, 15) is 9.18 Å². The van der Waals surface area contributed by atoms with Crippen molar-refractivity contribution in [3.05, 3.63) is 53.6 Å². The Bertz CT molecular complexity index is 599. The van der Waals surface area contributed by atoms with Gasteiger partial charge in [0.1, 0.15) is 11.5 Å². The van der Waals surface area contributed by atoms with Gasteiger partial charge in [0.2, 0.25) is 0 Å². The second-order valence-corrected chi connectivity index (χ2v) is 3.85. The molecule has 0 aliphatic heterocycles. The van der Waals surface area contributed by atoms with Gasteiger partial charge in [0, 0.05) is 6.20 Å². The van der Waals surface area contributed by atoms with Crippen molar-refractivity contribution in [2.45, 2.75) is 6.92 Å². The molecule has 0 aliphatic carbocycles. The minimum atomic E-state index is -0.445. The minimum absolute atomic E-state index is 0.178. The molecule has 18 heavy (non-hydrogen) atoms. The van der Waals surface area contributed by atoms with E-state index in [4.69, 9.17) is 5.73 Å². The molecule has 1 amide bonds. The molecule has 0 saturated heterocycles. The van der Waals surface area contributed by atoms with Crippen LogP contribution in [0, 0.1) is 12.7 Å². The van der Waals surface area contributed by atoms with E-state index in [1.807, 2.05) is 0 Å². The predicted octanol–water partition coefficient (Wildman–Crippen LogP) is 2.36. The summed E-state index contributed by atoms with van der Waals surface area (Å²) in [6.45, 7) is 1.79. The number of hydrogen-bond acceptors (Lipinski definition) is 3. The number of amides is 1. The van der Waals surface area contributed by atoms with E-state index in [1.165, 1.54) is 18.3 Å². The topological polar surface area (TPSA) is 68.0 Å². The van der Waals surface area contributed by atoms with Crippen LogP contribution >= 0.6 is 0 Å². The highest BCUT2D eigenvalue weighted by Gasteiger charge is 2.11. The van der Waals surface area contributed by atoms with Crippen molar-refractivity contribution in [1.82, 2.24) is 4.98 Å². The molecule has 0 spiro atoms. The quantitative estimate of drug-likeness (QED) is 0.798.